The summed E-state index contributed by atoms with van der Waals surface area (Å²) >= 11 is 12.6. The third-order valence-electron chi connectivity index (χ3n) is 1.97. The Labute approximate surface area is 130 Å². The lowest BCUT2D eigenvalue weighted by Crippen LogP contribution is -2.35. The third kappa shape index (κ3) is 5.52. The second-order valence-electron chi connectivity index (χ2n) is 4.92. The van der Waals surface area contributed by atoms with E-state index in [0.717, 1.165) is 11.3 Å². The van der Waals surface area contributed by atoms with Crippen molar-refractivity contribution in [1.82, 2.24) is 10.3 Å². The lowest BCUT2D eigenvalue weighted by Gasteiger charge is -2.22. The number of nitrogens with one attached hydrogen (secondary N) is 1. The Bertz CT molecular complexity index is 513. The Morgan fingerprint density at radius 1 is 1.45 bits per heavy atom. The first-order chi connectivity index (χ1) is 9.08. The summed E-state index contributed by atoms with van der Waals surface area (Å²) in [4.78, 5) is 26.8. The van der Waals surface area contributed by atoms with Crippen molar-refractivity contribution in [2.45, 2.75) is 38.8 Å². The number of aromatic nitrogens is 1. The van der Waals surface area contributed by atoms with Crippen molar-refractivity contribution in [3.05, 3.63) is 14.5 Å². The van der Waals surface area contributed by atoms with Gasteiger partial charge in [-0.15, -0.1) is 11.3 Å². The minimum atomic E-state index is -1.09. The summed E-state index contributed by atoms with van der Waals surface area (Å²) in [5.41, 5.74) is -0.688. The fourth-order valence-corrected chi connectivity index (χ4v) is 2.83. The highest BCUT2D eigenvalue weighted by Crippen LogP contribution is 2.33. The van der Waals surface area contributed by atoms with Crippen molar-refractivity contribution in [3.63, 3.8) is 0 Å². The lowest BCUT2D eigenvalue weighted by atomic mass is 10.2. The number of alkyl carbamates (subject to hydrolysis) is 1. The van der Waals surface area contributed by atoms with E-state index in [9.17, 15) is 9.59 Å². The monoisotopic (exact) mass is 340 g/mol. The molecule has 9 heteroatoms. The van der Waals surface area contributed by atoms with Crippen molar-refractivity contribution in [1.29, 1.82) is 0 Å². The molecule has 1 atom stereocenters. The molecule has 0 aliphatic carbocycles. The number of carboxylic acid groups (broad SMARTS) is 1. The molecule has 1 aromatic rings. The zero-order valence-electron chi connectivity index (χ0n) is 11.1. The van der Waals surface area contributed by atoms with Gasteiger partial charge in [-0.05, 0) is 20.8 Å². The van der Waals surface area contributed by atoms with Gasteiger partial charge in [0.25, 0.3) is 0 Å². The molecule has 0 fully saturated rings. The van der Waals surface area contributed by atoms with Gasteiger partial charge in [0.2, 0.25) is 0 Å². The molecule has 0 saturated carbocycles. The van der Waals surface area contributed by atoms with E-state index in [0.29, 0.717) is 4.88 Å². The molecule has 0 saturated heterocycles. The summed E-state index contributed by atoms with van der Waals surface area (Å²) in [6.07, 6.45) is -1.08. The van der Waals surface area contributed by atoms with Crippen LogP contribution in [0.25, 0.3) is 0 Å². The van der Waals surface area contributed by atoms with Crippen molar-refractivity contribution < 1.29 is 19.4 Å². The van der Waals surface area contributed by atoms with Gasteiger partial charge in [-0.2, -0.15) is 0 Å². The van der Waals surface area contributed by atoms with Crippen molar-refractivity contribution in [3.8, 4) is 0 Å². The molecule has 1 amide bonds. The van der Waals surface area contributed by atoms with Crippen LogP contribution in [0.1, 0.15) is 38.1 Å². The van der Waals surface area contributed by atoms with Crippen LogP contribution in [0.3, 0.4) is 0 Å². The molecule has 0 aliphatic heterocycles. The van der Waals surface area contributed by atoms with Crippen LogP contribution < -0.4 is 5.32 Å². The molecule has 1 rings (SSSR count). The van der Waals surface area contributed by atoms with E-state index in [1.807, 2.05) is 0 Å². The predicted octanol–water partition coefficient (Wildman–Crippen LogP) is 3.49. The molecule has 112 valence electrons. The van der Waals surface area contributed by atoms with Crippen LogP contribution in [0.4, 0.5) is 4.79 Å². The average molecular weight is 341 g/mol. The highest BCUT2D eigenvalue weighted by atomic mass is 35.5. The quantitative estimate of drug-likeness (QED) is 0.875. The molecule has 0 aliphatic rings. The van der Waals surface area contributed by atoms with Crippen LogP contribution in [-0.4, -0.2) is 27.8 Å². The van der Waals surface area contributed by atoms with Crippen molar-refractivity contribution in [2.75, 3.05) is 0 Å². The average Bonchev–Trinajstić information content (AvgIpc) is 2.53. The first-order valence-corrected chi connectivity index (χ1v) is 7.19. The molecule has 2 N–H and O–H groups in total. The summed E-state index contributed by atoms with van der Waals surface area (Å²) in [5.74, 6) is -1.09. The molecule has 6 nitrogen and oxygen atoms in total. The fraction of sp³-hybridized carbons (Fsp3) is 0.545. The van der Waals surface area contributed by atoms with Gasteiger partial charge in [0.15, 0.2) is 4.47 Å². The van der Waals surface area contributed by atoms with Crippen LogP contribution in [0, 0.1) is 0 Å². The second-order valence-corrected chi connectivity index (χ2v) is 6.89. The number of hydrogen-bond donors (Lipinski definition) is 2. The summed E-state index contributed by atoms with van der Waals surface area (Å²) in [7, 11) is 0. The van der Waals surface area contributed by atoms with Crippen LogP contribution >= 0.6 is 34.5 Å². The van der Waals surface area contributed by atoms with Gasteiger partial charge in [-0.3, -0.25) is 4.79 Å². The van der Waals surface area contributed by atoms with Gasteiger partial charge in [-0.1, -0.05) is 23.2 Å². The molecule has 1 aromatic heterocycles. The molecule has 0 aromatic carbocycles. The van der Waals surface area contributed by atoms with E-state index in [1.165, 1.54) is 0 Å². The number of rotatable bonds is 4. The van der Waals surface area contributed by atoms with Gasteiger partial charge in [0.1, 0.15) is 10.8 Å². The van der Waals surface area contributed by atoms with Gasteiger partial charge in [0, 0.05) is 0 Å². The summed E-state index contributed by atoms with van der Waals surface area (Å²) < 4.78 is 5.26. The molecule has 0 bridgehead atoms. The summed E-state index contributed by atoms with van der Waals surface area (Å²) in [6.45, 7) is 5.11. The normalized spacial score (nSPS) is 12.8. The minimum absolute atomic E-state index is 0.0716. The summed E-state index contributed by atoms with van der Waals surface area (Å²) in [5, 5.41) is 11.4. The maximum Gasteiger partial charge on any atom is 0.408 e. The number of thiazole rings is 1. The predicted molar refractivity (Wildman–Crippen MR) is 76.5 cm³/mol. The highest BCUT2D eigenvalue weighted by molar-refractivity contribution is 7.16. The van der Waals surface area contributed by atoms with E-state index in [4.69, 9.17) is 33.0 Å². The van der Waals surface area contributed by atoms with E-state index < -0.39 is 23.7 Å². The topological polar surface area (TPSA) is 88.5 Å². The van der Waals surface area contributed by atoms with E-state index in [-0.39, 0.29) is 16.0 Å². The summed E-state index contributed by atoms with van der Waals surface area (Å²) in [6, 6.07) is -0.847. The number of halogens is 2. The van der Waals surface area contributed by atoms with E-state index in [2.05, 4.69) is 10.3 Å². The maximum absolute atomic E-state index is 11.7. The van der Waals surface area contributed by atoms with Gasteiger partial charge in [0.05, 0.1) is 17.3 Å². The molecular formula is C11H14Cl2N2O4S. The van der Waals surface area contributed by atoms with E-state index in [1.54, 1.807) is 20.8 Å². The van der Waals surface area contributed by atoms with Crippen LogP contribution in [0.15, 0.2) is 0 Å². The number of carboxylic acids is 1. The number of carbonyl (C=O) groups excluding carboxylic acids is 1. The Morgan fingerprint density at radius 3 is 2.45 bits per heavy atom. The molecular weight excluding hydrogens is 327 g/mol. The molecule has 0 unspecified atom stereocenters. The van der Waals surface area contributed by atoms with E-state index >= 15 is 0 Å². The first-order valence-electron chi connectivity index (χ1n) is 5.61. The maximum atomic E-state index is 11.7. The fourth-order valence-electron chi connectivity index (χ4n) is 1.34. The molecule has 1 heterocycles. The zero-order valence-corrected chi connectivity index (χ0v) is 13.4. The molecule has 20 heavy (non-hydrogen) atoms. The van der Waals surface area contributed by atoms with Gasteiger partial charge < -0.3 is 15.2 Å². The molecule has 0 radical (unpaired) electrons. The zero-order chi connectivity index (χ0) is 15.5. The Balaban J connectivity index is 2.88. The number of aliphatic carboxylic acids is 1. The Morgan fingerprint density at radius 2 is 2.05 bits per heavy atom. The van der Waals surface area contributed by atoms with Crippen molar-refractivity contribution in [2.24, 2.45) is 0 Å². The number of hydrogen-bond acceptors (Lipinski definition) is 5. The van der Waals surface area contributed by atoms with Crippen LogP contribution in [0.2, 0.25) is 9.62 Å². The Hall–Kier alpha value is -1.05. The molecule has 0 spiro atoms. The van der Waals surface area contributed by atoms with Gasteiger partial charge in [-0.25, -0.2) is 9.78 Å². The second kappa shape index (κ2) is 6.60. The van der Waals surface area contributed by atoms with Crippen LogP contribution in [-0.2, 0) is 9.53 Å². The largest absolute Gasteiger partial charge is 0.481 e. The van der Waals surface area contributed by atoms with Crippen LogP contribution in [0.5, 0.6) is 0 Å². The van der Waals surface area contributed by atoms with Gasteiger partial charge >= 0.3 is 12.1 Å². The third-order valence-corrected chi connectivity index (χ3v) is 3.64. The number of carbonyl (C=O) groups is 2. The standard InChI is InChI=1S/C11H14Cl2N2O4S/c1-11(2,3)19-10(18)14-5(4-6(16)17)7-8(12)15-9(13)20-7/h5H,4H2,1-3H3,(H,14,18)(H,16,17)/t5-/m0/s1. The lowest BCUT2D eigenvalue weighted by molar-refractivity contribution is -0.137. The number of amides is 1. The SMILES string of the molecule is CC(C)(C)OC(=O)N[C@@H](CC(=O)O)c1sc(Cl)nc1Cl. The minimum Gasteiger partial charge on any atom is -0.481 e. The van der Waals surface area contributed by atoms with Crippen molar-refractivity contribution >= 4 is 46.6 Å². The highest BCUT2D eigenvalue weighted by Gasteiger charge is 2.26. The first kappa shape index (κ1) is 17.0. The number of ether oxygens (including phenoxy) is 1. The smallest absolute Gasteiger partial charge is 0.408 e. The Kier molecular flexibility index (Phi) is 5.61. The number of nitrogens with zero attached hydrogens (tertiary/aromatic N) is 1.